The Kier molecular flexibility index (Phi) is 5.75. The molecule has 1 rings (SSSR count). The minimum atomic E-state index is 0.563. The van der Waals surface area contributed by atoms with Crippen LogP contribution >= 0.6 is 11.8 Å². The van der Waals surface area contributed by atoms with Crippen LogP contribution < -0.4 is 4.74 Å². The topological polar surface area (TPSA) is 9.23 Å². The summed E-state index contributed by atoms with van der Waals surface area (Å²) in [5.74, 6) is 3.84. The Morgan fingerprint density at radius 1 is 1.31 bits per heavy atom. The van der Waals surface area contributed by atoms with Crippen molar-refractivity contribution in [1.82, 2.24) is 0 Å². The fourth-order valence-electron chi connectivity index (χ4n) is 1.49. The summed E-state index contributed by atoms with van der Waals surface area (Å²) in [4.78, 5) is 0. The van der Waals surface area contributed by atoms with Gasteiger partial charge in [0.2, 0.25) is 0 Å². The molecule has 0 atom stereocenters. The highest BCUT2D eigenvalue weighted by atomic mass is 32.2. The minimum absolute atomic E-state index is 0.563. The van der Waals surface area contributed by atoms with Crippen molar-refractivity contribution in [1.29, 1.82) is 0 Å². The Balaban J connectivity index is 2.60. The molecule has 1 aromatic rings. The van der Waals surface area contributed by atoms with E-state index in [0.717, 1.165) is 23.9 Å². The summed E-state index contributed by atoms with van der Waals surface area (Å²) in [5.41, 5.74) is 2.58. The fraction of sp³-hybridized carbons (Fsp3) is 0.571. The first kappa shape index (κ1) is 13.4. The van der Waals surface area contributed by atoms with E-state index in [1.807, 2.05) is 11.8 Å². The number of hydrogen-bond acceptors (Lipinski definition) is 2. The Morgan fingerprint density at radius 3 is 2.69 bits per heavy atom. The highest BCUT2D eigenvalue weighted by molar-refractivity contribution is 7.99. The Hall–Kier alpha value is -0.630. The van der Waals surface area contributed by atoms with E-state index in [1.165, 1.54) is 11.1 Å². The number of rotatable bonds is 6. The third-order valence-electron chi connectivity index (χ3n) is 2.57. The molecular formula is C14H22OS. The zero-order chi connectivity index (χ0) is 12.0. The number of hydrogen-bond donors (Lipinski definition) is 0. The highest BCUT2D eigenvalue weighted by Gasteiger charge is 2.04. The molecule has 0 aromatic heterocycles. The van der Waals surface area contributed by atoms with E-state index >= 15 is 0 Å². The van der Waals surface area contributed by atoms with Gasteiger partial charge in [-0.1, -0.05) is 32.9 Å². The molecule has 0 N–H and O–H groups in total. The van der Waals surface area contributed by atoms with Crippen LogP contribution in [0.3, 0.4) is 0 Å². The van der Waals surface area contributed by atoms with Gasteiger partial charge in [-0.2, -0.15) is 11.8 Å². The molecule has 0 unspecified atom stereocenters. The van der Waals surface area contributed by atoms with Crippen LogP contribution in [0.15, 0.2) is 18.2 Å². The average molecular weight is 238 g/mol. The molecule has 0 spiro atoms. The second kappa shape index (κ2) is 6.85. The second-order valence-electron chi connectivity index (χ2n) is 4.23. The van der Waals surface area contributed by atoms with Crippen molar-refractivity contribution >= 4 is 11.8 Å². The SMILES string of the molecule is CCSCCOc1cc(C(C)C)ccc1C. The van der Waals surface area contributed by atoms with Gasteiger partial charge in [0.25, 0.3) is 0 Å². The lowest BCUT2D eigenvalue weighted by atomic mass is 10.0. The Morgan fingerprint density at radius 2 is 2.06 bits per heavy atom. The van der Waals surface area contributed by atoms with Crippen LogP contribution in [0.4, 0.5) is 0 Å². The summed E-state index contributed by atoms with van der Waals surface area (Å²) in [6.07, 6.45) is 0. The van der Waals surface area contributed by atoms with E-state index in [4.69, 9.17) is 4.74 Å². The molecular weight excluding hydrogens is 216 g/mol. The maximum Gasteiger partial charge on any atom is 0.122 e. The van der Waals surface area contributed by atoms with E-state index in [2.05, 4.69) is 45.9 Å². The van der Waals surface area contributed by atoms with Crippen molar-refractivity contribution < 1.29 is 4.74 Å². The van der Waals surface area contributed by atoms with Crippen molar-refractivity contribution in [2.45, 2.75) is 33.6 Å². The monoisotopic (exact) mass is 238 g/mol. The van der Waals surface area contributed by atoms with Crippen LogP contribution in [0.1, 0.15) is 37.8 Å². The van der Waals surface area contributed by atoms with Crippen molar-refractivity contribution in [3.8, 4) is 5.75 Å². The summed E-state index contributed by atoms with van der Waals surface area (Å²) >= 11 is 1.92. The smallest absolute Gasteiger partial charge is 0.122 e. The van der Waals surface area contributed by atoms with Crippen molar-refractivity contribution in [3.63, 3.8) is 0 Å². The summed E-state index contributed by atoms with van der Waals surface area (Å²) < 4.78 is 5.81. The van der Waals surface area contributed by atoms with Gasteiger partial charge in [0.15, 0.2) is 0 Å². The number of aryl methyl sites for hydroxylation is 1. The van der Waals surface area contributed by atoms with E-state index in [0.29, 0.717) is 5.92 Å². The van der Waals surface area contributed by atoms with Gasteiger partial charge in [0.05, 0.1) is 6.61 Å². The van der Waals surface area contributed by atoms with Crippen LogP contribution in [0.5, 0.6) is 5.75 Å². The molecule has 0 saturated carbocycles. The van der Waals surface area contributed by atoms with Crippen LogP contribution in [0, 0.1) is 6.92 Å². The van der Waals surface area contributed by atoms with E-state index in [9.17, 15) is 0 Å². The van der Waals surface area contributed by atoms with Crippen LogP contribution in [0.25, 0.3) is 0 Å². The predicted octanol–water partition coefficient (Wildman–Crippen LogP) is 4.25. The molecule has 0 aliphatic rings. The molecule has 0 heterocycles. The number of thioether (sulfide) groups is 1. The van der Waals surface area contributed by atoms with Crippen molar-refractivity contribution in [2.75, 3.05) is 18.1 Å². The normalized spacial score (nSPS) is 10.8. The largest absolute Gasteiger partial charge is 0.492 e. The van der Waals surface area contributed by atoms with Gasteiger partial charge in [-0.15, -0.1) is 0 Å². The molecule has 0 bridgehead atoms. The Bertz CT molecular complexity index is 321. The molecule has 16 heavy (non-hydrogen) atoms. The first-order chi connectivity index (χ1) is 7.65. The maximum atomic E-state index is 5.81. The molecule has 1 aromatic carbocycles. The third kappa shape index (κ3) is 4.09. The highest BCUT2D eigenvalue weighted by Crippen LogP contribution is 2.24. The first-order valence-corrected chi connectivity index (χ1v) is 7.11. The zero-order valence-electron chi connectivity index (χ0n) is 10.7. The van der Waals surface area contributed by atoms with Gasteiger partial charge in [0, 0.05) is 5.75 Å². The van der Waals surface area contributed by atoms with Crippen LogP contribution in [-0.2, 0) is 0 Å². The molecule has 0 radical (unpaired) electrons. The van der Waals surface area contributed by atoms with Crippen molar-refractivity contribution in [3.05, 3.63) is 29.3 Å². The lowest BCUT2D eigenvalue weighted by Gasteiger charge is -2.12. The molecule has 0 saturated heterocycles. The lowest BCUT2D eigenvalue weighted by Crippen LogP contribution is -2.02. The first-order valence-electron chi connectivity index (χ1n) is 5.96. The quantitative estimate of drug-likeness (QED) is 0.685. The number of ether oxygens (including phenoxy) is 1. The summed E-state index contributed by atoms with van der Waals surface area (Å²) in [7, 11) is 0. The van der Waals surface area contributed by atoms with E-state index in [1.54, 1.807) is 0 Å². The van der Waals surface area contributed by atoms with Gasteiger partial charge in [0.1, 0.15) is 5.75 Å². The number of benzene rings is 1. The van der Waals surface area contributed by atoms with E-state index in [-0.39, 0.29) is 0 Å². The van der Waals surface area contributed by atoms with Gasteiger partial charge in [-0.05, 0) is 35.8 Å². The average Bonchev–Trinajstić information content (AvgIpc) is 2.26. The summed E-state index contributed by atoms with van der Waals surface area (Å²) in [5, 5.41) is 0. The van der Waals surface area contributed by atoms with Crippen LogP contribution in [0.2, 0.25) is 0 Å². The molecule has 0 aliphatic heterocycles. The fourth-order valence-corrected chi connectivity index (χ4v) is 1.98. The summed E-state index contributed by atoms with van der Waals surface area (Å²) in [6.45, 7) is 9.51. The standard InChI is InChI=1S/C14H22OS/c1-5-16-9-8-15-14-10-13(11(2)3)7-6-12(14)4/h6-7,10-11H,5,8-9H2,1-4H3. The van der Waals surface area contributed by atoms with Gasteiger partial charge in [-0.25, -0.2) is 0 Å². The third-order valence-corrected chi connectivity index (χ3v) is 3.43. The van der Waals surface area contributed by atoms with Gasteiger partial charge in [-0.3, -0.25) is 0 Å². The molecule has 2 heteroatoms. The van der Waals surface area contributed by atoms with Crippen LogP contribution in [-0.4, -0.2) is 18.1 Å². The summed E-state index contributed by atoms with van der Waals surface area (Å²) in [6, 6.07) is 6.52. The zero-order valence-corrected chi connectivity index (χ0v) is 11.6. The van der Waals surface area contributed by atoms with E-state index < -0.39 is 0 Å². The van der Waals surface area contributed by atoms with Crippen molar-refractivity contribution in [2.24, 2.45) is 0 Å². The Labute approximate surface area is 104 Å². The minimum Gasteiger partial charge on any atom is -0.492 e. The lowest BCUT2D eigenvalue weighted by molar-refractivity contribution is 0.341. The maximum absolute atomic E-state index is 5.81. The van der Waals surface area contributed by atoms with Gasteiger partial charge >= 0.3 is 0 Å². The second-order valence-corrected chi connectivity index (χ2v) is 5.62. The molecule has 90 valence electrons. The molecule has 0 amide bonds. The predicted molar refractivity (Wildman–Crippen MR) is 73.8 cm³/mol. The molecule has 0 fully saturated rings. The molecule has 1 nitrogen and oxygen atoms in total. The van der Waals surface area contributed by atoms with Gasteiger partial charge < -0.3 is 4.74 Å². The molecule has 0 aliphatic carbocycles.